The SMILES string of the molecule is CCC(COC)NC(=O)C(C)OC. The average Bonchev–Trinajstić information content (AvgIpc) is 2.15. The highest BCUT2D eigenvalue weighted by molar-refractivity contribution is 5.80. The zero-order valence-corrected chi connectivity index (χ0v) is 8.79. The van der Waals surface area contributed by atoms with Crippen molar-refractivity contribution in [3.63, 3.8) is 0 Å². The Labute approximate surface area is 79.6 Å². The van der Waals surface area contributed by atoms with Crippen molar-refractivity contribution in [1.82, 2.24) is 5.32 Å². The normalized spacial score (nSPS) is 15.1. The molecule has 1 N–H and O–H groups in total. The number of hydrogen-bond donors (Lipinski definition) is 1. The zero-order chi connectivity index (χ0) is 10.3. The molecule has 0 aromatic carbocycles. The fourth-order valence-corrected chi connectivity index (χ4v) is 0.888. The van der Waals surface area contributed by atoms with Crippen LogP contribution >= 0.6 is 0 Å². The summed E-state index contributed by atoms with van der Waals surface area (Å²) in [6, 6.07) is 0.0788. The van der Waals surface area contributed by atoms with Crippen LogP contribution in [0.25, 0.3) is 0 Å². The van der Waals surface area contributed by atoms with E-state index < -0.39 is 6.10 Å². The van der Waals surface area contributed by atoms with Gasteiger partial charge in [0.1, 0.15) is 6.10 Å². The summed E-state index contributed by atoms with van der Waals surface area (Å²) in [6.45, 7) is 4.26. The summed E-state index contributed by atoms with van der Waals surface area (Å²) in [5.74, 6) is -0.0913. The summed E-state index contributed by atoms with van der Waals surface area (Å²) in [7, 11) is 3.14. The van der Waals surface area contributed by atoms with Crippen molar-refractivity contribution in [3.8, 4) is 0 Å². The summed E-state index contributed by atoms with van der Waals surface area (Å²) < 4.78 is 9.84. The van der Waals surface area contributed by atoms with Crippen molar-refractivity contribution < 1.29 is 14.3 Å². The molecule has 0 aromatic heterocycles. The topological polar surface area (TPSA) is 47.6 Å². The van der Waals surface area contributed by atoms with Gasteiger partial charge in [0, 0.05) is 14.2 Å². The fourth-order valence-electron chi connectivity index (χ4n) is 0.888. The van der Waals surface area contributed by atoms with Crippen LogP contribution in [0.5, 0.6) is 0 Å². The lowest BCUT2D eigenvalue weighted by Gasteiger charge is -2.18. The van der Waals surface area contributed by atoms with Crippen molar-refractivity contribution in [2.75, 3.05) is 20.8 Å². The highest BCUT2D eigenvalue weighted by Gasteiger charge is 2.15. The number of hydrogen-bond acceptors (Lipinski definition) is 3. The molecule has 4 heteroatoms. The molecule has 0 bridgehead atoms. The van der Waals surface area contributed by atoms with Crippen LogP contribution < -0.4 is 5.32 Å². The molecule has 13 heavy (non-hydrogen) atoms. The molecule has 0 fully saturated rings. The Morgan fingerprint density at radius 2 is 2.08 bits per heavy atom. The largest absolute Gasteiger partial charge is 0.383 e. The van der Waals surface area contributed by atoms with Crippen LogP contribution in [0.1, 0.15) is 20.3 Å². The van der Waals surface area contributed by atoms with Crippen molar-refractivity contribution >= 4 is 5.91 Å². The summed E-state index contributed by atoms with van der Waals surface area (Å²) >= 11 is 0. The van der Waals surface area contributed by atoms with Crippen molar-refractivity contribution in [2.24, 2.45) is 0 Å². The third-order valence-corrected chi connectivity index (χ3v) is 1.93. The lowest BCUT2D eigenvalue weighted by molar-refractivity contribution is -0.131. The molecule has 0 rings (SSSR count). The first kappa shape index (κ1) is 12.4. The summed E-state index contributed by atoms with van der Waals surface area (Å²) in [5.41, 5.74) is 0. The lowest BCUT2D eigenvalue weighted by atomic mass is 10.2. The van der Waals surface area contributed by atoms with Gasteiger partial charge in [0.15, 0.2) is 0 Å². The molecule has 0 saturated carbocycles. The van der Waals surface area contributed by atoms with Gasteiger partial charge in [-0.2, -0.15) is 0 Å². The van der Waals surface area contributed by atoms with Crippen molar-refractivity contribution in [3.05, 3.63) is 0 Å². The van der Waals surface area contributed by atoms with Gasteiger partial charge >= 0.3 is 0 Å². The van der Waals surface area contributed by atoms with Crippen molar-refractivity contribution in [1.29, 1.82) is 0 Å². The number of methoxy groups -OCH3 is 2. The van der Waals surface area contributed by atoms with E-state index in [1.807, 2.05) is 6.92 Å². The van der Waals surface area contributed by atoms with Gasteiger partial charge in [-0.3, -0.25) is 4.79 Å². The van der Waals surface area contributed by atoms with Crippen molar-refractivity contribution in [2.45, 2.75) is 32.4 Å². The number of carbonyl (C=O) groups is 1. The molecule has 0 aliphatic rings. The molecule has 4 nitrogen and oxygen atoms in total. The standard InChI is InChI=1S/C9H19NO3/c1-5-8(6-12-3)10-9(11)7(2)13-4/h7-8H,5-6H2,1-4H3,(H,10,11). The highest BCUT2D eigenvalue weighted by Crippen LogP contribution is 1.94. The van der Waals surface area contributed by atoms with Gasteiger partial charge in [-0.05, 0) is 13.3 Å². The first-order valence-electron chi connectivity index (χ1n) is 4.47. The third-order valence-electron chi connectivity index (χ3n) is 1.93. The Bertz CT molecular complexity index is 150. The third kappa shape index (κ3) is 4.85. The number of rotatable bonds is 6. The molecule has 2 unspecified atom stereocenters. The highest BCUT2D eigenvalue weighted by atomic mass is 16.5. The number of ether oxygens (including phenoxy) is 2. The van der Waals surface area contributed by atoms with Crippen LogP contribution in [0.4, 0.5) is 0 Å². The van der Waals surface area contributed by atoms with Gasteiger partial charge in [-0.1, -0.05) is 6.92 Å². The minimum Gasteiger partial charge on any atom is -0.383 e. The monoisotopic (exact) mass is 189 g/mol. The number of carbonyl (C=O) groups excluding carboxylic acids is 1. The Kier molecular flexibility index (Phi) is 6.54. The Hall–Kier alpha value is -0.610. The maximum atomic E-state index is 11.3. The van der Waals surface area contributed by atoms with Crippen LogP contribution in [0.3, 0.4) is 0 Å². The predicted molar refractivity (Wildman–Crippen MR) is 50.6 cm³/mol. The van der Waals surface area contributed by atoms with Gasteiger partial charge < -0.3 is 14.8 Å². The van der Waals surface area contributed by atoms with Gasteiger partial charge in [-0.15, -0.1) is 0 Å². The van der Waals surface area contributed by atoms with E-state index in [9.17, 15) is 4.79 Å². The quantitative estimate of drug-likeness (QED) is 0.664. The molecule has 0 saturated heterocycles. The summed E-state index contributed by atoms with van der Waals surface area (Å²) in [5, 5.41) is 2.83. The molecular formula is C9H19NO3. The molecule has 1 amide bonds. The molecule has 0 aliphatic heterocycles. The van der Waals surface area contributed by atoms with Gasteiger partial charge in [0.2, 0.25) is 5.91 Å². The van der Waals surface area contributed by atoms with Crippen LogP contribution in [-0.4, -0.2) is 38.9 Å². The van der Waals surface area contributed by atoms with E-state index in [0.29, 0.717) is 6.61 Å². The predicted octanol–water partition coefficient (Wildman–Crippen LogP) is 0.562. The van der Waals surface area contributed by atoms with Crippen LogP contribution in [0, 0.1) is 0 Å². The van der Waals surface area contributed by atoms with E-state index in [1.54, 1.807) is 14.0 Å². The van der Waals surface area contributed by atoms with Gasteiger partial charge in [0.25, 0.3) is 0 Å². The van der Waals surface area contributed by atoms with Crippen LogP contribution in [0.2, 0.25) is 0 Å². The molecule has 0 aliphatic carbocycles. The van der Waals surface area contributed by atoms with E-state index in [1.165, 1.54) is 7.11 Å². The van der Waals surface area contributed by atoms with E-state index in [4.69, 9.17) is 9.47 Å². The summed E-state index contributed by atoms with van der Waals surface area (Å²) in [4.78, 5) is 11.3. The maximum absolute atomic E-state index is 11.3. The molecule has 0 radical (unpaired) electrons. The minimum absolute atomic E-state index is 0.0788. The molecule has 2 atom stereocenters. The molecule has 0 aromatic rings. The molecule has 78 valence electrons. The number of amides is 1. The second kappa shape index (κ2) is 6.86. The Morgan fingerprint density at radius 3 is 2.46 bits per heavy atom. The van der Waals surface area contributed by atoms with E-state index in [-0.39, 0.29) is 11.9 Å². The Balaban J connectivity index is 3.85. The molecular weight excluding hydrogens is 170 g/mol. The average molecular weight is 189 g/mol. The summed E-state index contributed by atoms with van der Waals surface area (Å²) in [6.07, 6.45) is 0.460. The van der Waals surface area contributed by atoms with Gasteiger partial charge in [-0.25, -0.2) is 0 Å². The first-order valence-corrected chi connectivity index (χ1v) is 4.47. The molecule has 0 spiro atoms. The van der Waals surface area contributed by atoms with E-state index in [0.717, 1.165) is 6.42 Å². The van der Waals surface area contributed by atoms with E-state index >= 15 is 0 Å². The zero-order valence-electron chi connectivity index (χ0n) is 8.79. The second-order valence-electron chi connectivity index (χ2n) is 2.95. The van der Waals surface area contributed by atoms with Crippen LogP contribution in [-0.2, 0) is 14.3 Å². The maximum Gasteiger partial charge on any atom is 0.249 e. The lowest BCUT2D eigenvalue weighted by Crippen LogP contribution is -2.42. The second-order valence-corrected chi connectivity index (χ2v) is 2.95. The molecule has 0 heterocycles. The smallest absolute Gasteiger partial charge is 0.249 e. The van der Waals surface area contributed by atoms with Gasteiger partial charge in [0.05, 0.1) is 12.6 Å². The Morgan fingerprint density at radius 1 is 1.46 bits per heavy atom. The first-order chi connectivity index (χ1) is 6.15. The number of nitrogens with one attached hydrogen (secondary N) is 1. The fraction of sp³-hybridized carbons (Fsp3) is 0.889. The van der Waals surface area contributed by atoms with Crippen LogP contribution in [0.15, 0.2) is 0 Å². The minimum atomic E-state index is -0.397. The van der Waals surface area contributed by atoms with E-state index in [2.05, 4.69) is 5.32 Å².